The summed E-state index contributed by atoms with van der Waals surface area (Å²) in [5, 5.41) is 4.52. The molecule has 2 rings (SSSR count). The SMILES string of the molecule is Cc1cccc(-n2ccc(CCCN)n2)c1. The lowest BCUT2D eigenvalue weighted by Crippen LogP contribution is -2.01. The Morgan fingerprint density at radius 2 is 2.19 bits per heavy atom. The average molecular weight is 215 g/mol. The van der Waals surface area contributed by atoms with Crippen LogP contribution in [0, 0.1) is 6.92 Å². The summed E-state index contributed by atoms with van der Waals surface area (Å²) < 4.78 is 1.92. The molecule has 0 atom stereocenters. The van der Waals surface area contributed by atoms with Crippen molar-refractivity contribution >= 4 is 0 Å². The highest BCUT2D eigenvalue weighted by atomic mass is 15.3. The molecule has 0 amide bonds. The monoisotopic (exact) mass is 215 g/mol. The van der Waals surface area contributed by atoms with E-state index >= 15 is 0 Å². The molecule has 0 aliphatic rings. The first-order valence-electron chi connectivity index (χ1n) is 5.61. The van der Waals surface area contributed by atoms with Gasteiger partial charge in [-0.15, -0.1) is 0 Å². The maximum absolute atomic E-state index is 5.48. The summed E-state index contributed by atoms with van der Waals surface area (Å²) in [5.74, 6) is 0. The van der Waals surface area contributed by atoms with Gasteiger partial charge in [-0.2, -0.15) is 5.10 Å². The Morgan fingerprint density at radius 3 is 2.94 bits per heavy atom. The van der Waals surface area contributed by atoms with Crippen LogP contribution in [0.3, 0.4) is 0 Å². The highest BCUT2D eigenvalue weighted by Crippen LogP contribution is 2.10. The molecule has 3 heteroatoms. The van der Waals surface area contributed by atoms with Crippen molar-refractivity contribution in [1.82, 2.24) is 9.78 Å². The minimum absolute atomic E-state index is 0.720. The van der Waals surface area contributed by atoms with E-state index in [0.717, 1.165) is 30.8 Å². The Kier molecular flexibility index (Phi) is 3.37. The second kappa shape index (κ2) is 4.94. The van der Waals surface area contributed by atoms with Gasteiger partial charge in [0.1, 0.15) is 0 Å². The van der Waals surface area contributed by atoms with Crippen LogP contribution in [0.25, 0.3) is 5.69 Å². The van der Waals surface area contributed by atoms with E-state index in [0.29, 0.717) is 0 Å². The molecule has 0 spiro atoms. The normalized spacial score (nSPS) is 10.6. The van der Waals surface area contributed by atoms with Crippen LogP contribution >= 0.6 is 0 Å². The average Bonchev–Trinajstić information content (AvgIpc) is 2.75. The zero-order valence-electron chi connectivity index (χ0n) is 9.56. The molecular formula is C13H17N3. The van der Waals surface area contributed by atoms with E-state index < -0.39 is 0 Å². The fourth-order valence-corrected chi connectivity index (χ4v) is 1.69. The minimum atomic E-state index is 0.720. The van der Waals surface area contributed by atoms with Crippen molar-refractivity contribution in [3.8, 4) is 5.69 Å². The predicted octanol–water partition coefficient (Wildman–Crippen LogP) is 2.07. The van der Waals surface area contributed by atoms with E-state index in [2.05, 4.69) is 36.3 Å². The van der Waals surface area contributed by atoms with Gasteiger partial charge in [-0.1, -0.05) is 12.1 Å². The van der Waals surface area contributed by atoms with Gasteiger partial charge >= 0.3 is 0 Å². The van der Waals surface area contributed by atoms with Crippen LogP contribution in [-0.2, 0) is 6.42 Å². The molecule has 1 aromatic carbocycles. The molecule has 0 radical (unpaired) electrons. The topological polar surface area (TPSA) is 43.8 Å². The second-order valence-corrected chi connectivity index (χ2v) is 3.98. The number of rotatable bonds is 4. The lowest BCUT2D eigenvalue weighted by atomic mass is 10.2. The van der Waals surface area contributed by atoms with Crippen LogP contribution in [0.2, 0.25) is 0 Å². The van der Waals surface area contributed by atoms with Crippen LogP contribution < -0.4 is 5.73 Å². The number of nitrogens with two attached hydrogens (primary N) is 1. The molecule has 0 aliphatic heterocycles. The number of benzene rings is 1. The first-order valence-corrected chi connectivity index (χ1v) is 5.61. The standard InChI is InChI=1S/C13H17N3/c1-11-4-2-6-13(10-11)16-9-7-12(15-16)5-3-8-14/h2,4,6-7,9-10H,3,5,8,14H2,1H3. The van der Waals surface area contributed by atoms with Gasteiger partial charge in [-0.3, -0.25) is 0 Å². The van der Waals surface area contributed by atoms with Crippen molar-refractivity contribution in [2.45, 2.75) is 19.8 Å². The lowest BCUT2D eigenvalue weighted by molar-refractivity contribution is 0.774. The Hall–Kier alpha value is -1.61. The number of hydrogen-bond acceptors (Lipinski definition) is 2. The summed E-state index contributed by atoms with van der Waals surface area (Å²) in [6.45, 7) is 2.81. The van der Waals surface area contributed by atoms with Crippen LogP contribution in [0.15, 0.2) is 36.5 Å². The van der Waals surface area contributed by atoms with Gasteiger partial charge in [0.2, 0.25) is 0 Å². The van der Waals surface area contributed by atoms with Gasteiger partial charge in [-0.05, 0) is 50.1 Å². The van der Waals surface area contributed by atoms with Gasteiger partial charge in [0, 0.05) is 6.20 Å². The summed E-state index contributed by atoms with van der Waals surface area (Å²) in [6, 6.07) is 10.4. The first kappa shape index (κ1) is 10.9. The molecular weight excluding hydrogens is 198 g/mol. The zero-order valence-corrected chi connectivity index (χ0v) is 9.56. The third kappa shape index (κ3) is 2.49. The Morgan fingerprint density at radius 1 is 1.31 bits per heavy atom. The van der Waals surface area contributed by atoms with Crippen molar-refractivity contribution in [2.75, 3.05) is 6.54 Å². The molecule has 16 heavy (non-hydrogen) atoms. The third-order valence-electron chi connectivity index (χ3n) is 2.55. The van der Waals surface area contributed by atoms with Crippen LogP contribution in [0.1, 0.15) is 17.7 Å². The molecule has 84 valence electrons. The largest absolute Gasteiger partial charge is 0.330 e. The quantitative estimate of drug-likeness (QED) is 0.848. The molecule has 2 aromatic rings. The predicted molar refractivity (Wildman–Crippen MR) is 65.7 cm³/mol. The van der Waals surface area contributed by atoms with Crippen molar-refractivity contribution in [2.24, 2.45) is 5.73 Å². The summed E-state index contributed by atoms with van der Waals surface area (Å²) in [4.78, 5) is 0. The van der Waals surface area contributed by atoms with E-state index in [1.165, 1.54) is 5.56 Å². The molecule has 3 nitrogen and oxygen atoms in total. The summed E-state index contributed by atoms with van der Waals surface area (Å²) in [6.07, 6.45) is 3.95. The molecule has 0 saturated heterocycles. The van der Waals surface area contributed by atoms with Crippen molar-refractivity contribution in [1.29, 1.82) is 0 Å². The van der Waals surface area contributed by atoms with Gasteiger partial charge in [-0.25, -0.2) is 4.68 Å². The third-order valence-corrected chi connectivity index (χ3v) is 2.55. The first-order chi connectivity index (χ1) is 7.79. The molecule has 0 aliphatic carbocycles. The Balaban J connectivity index is 2.18. The summed E-state index contributed by atoms with van der Waals surface area (Å²) in [7, 11) is 0. The molecule has 2 N–H and O–H groups in total. The molecule has 1 heterocycles. The molecule has 0 unspecified atom stereocenters. The maximum atomic E-state index is 5.48. The van der Waals surface area contributed by atoms with E-state index in [-0.39, 0.29) is 0 Å². The molecule has 0 fully saturated rings. The van der Waals surface area contributed by atoms with Crippen LogP contribution in [0.5, 0.6) is 0 Å². The number of nitrogens with zero attached hydrogens (tertiary/aromatic N) is 2. The maximum Gasteiger partial charge on any atom is 0.0648 e. The summed E-state index contributed by atoms with van der Waals surface area (Å²) in [5.41, 5.74) is 8.94. The highest BCUT2D eigenvalue weighted by Gasteiger charge is 2.00. The number of hydrogen-bond donors (Lipinski definition) is 1. The second-order valence-electron chi connectivity index (χ2n) is 3.98. The molecule has 1 aromatic heterocycles. The van der Waals surface area contributed by atoms with Gasteiger partial charge in [0.05, 0.1) is 11.4 Å². The van der Waals surface area contributed by atoms with Crippen molar-refractivity contribution in [3.63, 3.8) is 0 Å². The zero-order chi connectivity index (χ0) is 11.4. The Bertz CT molecular complexity index is 460. The fraction of sp³-hybridized carbons (Fsp3) is 0.308. The lowest BCUT2D eigenvalue weighted by Gasteiger charge is -2.02. The fourth-order valence-electron chi connectivity index (χ4n) is 1.69. The molecule has 0 bridgehead atoms. The van der Waals surface area contributed by atoms with Crippen LogP contribution in [0.4, 0.5) is 0 Å². The van der Waals surface area contributed by atoms with Crippen molar-refractivity contribution in [3.05, 3.63) is 47.8 Å². The summed E-state index contributed by atoms with van der Waals surface area (Å²) >= 11 is 0. The number of aryl methyl sites for hydroxylation is 2. The van der Waals surface area contributed by atoms with Gasteiger partial charge in [0.15, 0.2) is 0 Å². The minimum Gasteiger partial charge on any atom is -0.330 e. The Labute approximate surface area is 95.9 Å². The van der Waals surface area contributed by atoms with Gasteiger partial charge in [0.25, 0.3) is 0 Å². The van der Waals surface area contributed by atoms with Crippen LogP contribution in [-0.4, -0.2) is 16.3 Å². The van der Waals surface area contributed by atoms with E-state index in [1.807, 2.05) is 16.9 Å². The molecule has 0 saturated carbocycles. The van der Waals surface area contributed by atoms with E-state index in [4.69, 9.17) is 5.73 Å². The van der Waals surface area contributed by atoms with E-state index in [9.17, 15) is 0 Å². The van der Waals surface area contributed by atoms with E-state index in [1.54, 1.807) is 0 Å². The number of aromatic nitrogens is 2. The van der Waals surface area contributed by atoms with Gasteiger partial charge < -0.3 is 5.73 Å². The smallest absolute Gasteiger partial charge is 0.0648 e. The van der Waals surface area contributed by atoms with Crippen molar-refractivity contribution < 1.29 is 0 Å². The highest BCUT2D eigenvalue weighted by molar-refractivity contribution is 5.34.